The SMILES string of the molecule is O=C1C=CC(=O)N1COC1CCCCC1. The predicted octanol–water partition coefficient (Wildman–Crippen LogP) is 1.22. The average molecular weight is 209 g/mol. The largest absolute Gasteiger partial charge is 0.357 e. The number of nitrogens with zero attached hydrogens (tertiary/aromatic N) is 1. The van der Waals surface area contributed by atoms with Crippen molar-refractivity contribution < 1.29 is 14.3 Å². The van der Waals surface area contributed by atoms with E-state index in [0.717, 1.165) is 17.7 Å². The molecule has 1 saturated carbocycles. The summed E-state index contributed by atoms with van der Waals surface area (Å²) < 4.78 is 5.55. The molecule has 2 aliphatic rings. The summed E-state index contributed by atoms with van der Waals surface area (Å²) in [6.45, 7) is 0.106. The lowest BCUT2D eigenvalue weighted by molar-refractivity contribution is -0.145. The lowest BCUT2D eigenvalue weighted by atomic mass is 9.98. The monoisotopic (exact) mass is 209 g/mol. The first kappa shape index (κ1) is 10.4. The predicted molar refractivity (Wildman–Crippen MR) is 53.8 cm³/mol. The fourth-order valence-corrected chi connectivity index (χ4v) is 1.97. The molecule has 15 heavy (non-hydrogen) atoms. The molecule has 1 heterocycles. The molecule has 0 unspecified atom stereocenters. The number of rotatable bonds is 3. The third-order valence-electron chi connectivity index (χ3n) is 2.89. The Morgan fingerprint density at radius 1 is 1.13 bits per heavy atom. The molecule has 1 aliphatic carbocycles. The summed E-state index contributed by atoms with van der Waals surface area (Å²) >= 11 is 0. The molecular formula is C11H15NO3. The van der Waals surface area contributed by atoms with Crippen LogP contribution in [0.3, 0.4) is 0 Å². The van der Waals surface area contributed by atoms with Crippen LogP contribution in [0.15, 0.2) is 12.2 Å². The second kappa shape index (κ2) is 4.57. The van der Waals surface area contributed by atoms with Gasteiger partial charge in [-0.25, -0.2) is 0 Å². The van der Waals surface area contributed by atoms with Crippen LogP contribution in [0.1, 0.15) is 32.1 Å². The molecular weight excluding hydrogens is 194 g/mol. The number of carbonyl (C=O) groups is 2. The minimum absolute atomic E-state index is 0.106. The highest BCUT2D eigenvalue weighted by Gasteiger charge is 2.24. The molecule has 2 amide bonds. The van der Waals surface area contributed by atoms with Crippen LogP contribution in [0, 0.1) is 0 Å². The molecule has 82 valence electrons. The number of hydrogen-bond donors (Lipinski definition) is 0. The molecule has 0 radical (unpaired) electrons. The Labute approximate surface area is 88.9 Å². The van der Waals surface area contributed by atoms with Gasteiger partial charge < -0.3 is 4.74 Å². The van der Waals surface area contributed by atoms with E-state index >= 15 is 0 Å². The Balaban J connectivity index is 1.77. The van der Waals surface area contributed by atoms with Gasteiger partial charge >= 0.3 is 0 Å². The fraction of sp³-hybridized carbons (Fsp3) is 0.636. The van der Waals surface area contributed by atoms with Gasteiger partial charge in [-0.2, -0.15) is 0 Å². The molecule has 0 aromatic heterocycles. The Kier molecular flexibility index (Phi) is 3.16. The van der Waals surface area contributed by atoms with E-state index in [1.54, 1.807) is 0 Å². The van der Waals surface area contributed by atoms with Crippen LogP contribution in [-0.4, -0.2) is 29.5 Å². The van der Waals surface area contributed by atoms with E-state index in [0.29, 0.717) is 0 Å². The van der Waals surface area contributed by atoms with Gasteiger partial charge in [0.25, 0.3) is 11.8 Å². The summed E-state index contributed by atoms with van der Waals surface area (Å²) in [5.41, 5.74) is 0. The van der Waals surface area contributed by atoms with Gasteiger partial charge in [0.15, 0.2) is 0 Å². The summed E-state index contributed by atoms with van der Waals surface area (Å²) in [6, 6.07) is 0. The molecule has 0 saturated heterocycles. The third kappa shape index (κ3) is 2.45. The van der Waals surface area contributed by atoms with Gasteiger partial charge in [0.2, 0.25) is 0 Å². The third-order valence-corrected chi connectivity index (χ3v) is 2.89. The van der Waals surface area contributed by atoms with Crippen LogP contribution >= 0.6 is 0 Å². The summed E-state index contributed by atoms with van der Waals surface area (Å²) in [5, 5.41) is 0. The molecule has 0 N–H and O–H groups in total. The Morgan fingerprint density at radius 2 is 1.73 bits per heavy atom. The van der Waals surface area contributed by atoms with Gasteiger partial charge in [-0.15, -0.1) is 0 Å². The minimum Gasteiger partial charge on any atom is -0.357 e. The van der Waals surface area contributed by atoms with Crippen LogP contribution in [0.5, 0.6) is 0 Å². The zero-order chi connectivity index (χ0) is 10.7. The van der Waals surface area contributed by atoms with Gasteiger partial charge in [0.05, 0.1) is 6.10 Å². The van der Waals surface area contributed by atoms with Gasteiger partial charge in [-0.3, -0.25) is 14.5 Å². The van der Waals surface area contributed by atoms with E-state index in [1.165, 1.54) is 31.4 Å². The van der Waals surface area contributed by atoms with Crippen molar-refractivity contribution in [2.75, 3.05) is 6.73 Å². The van der Waals surface area contributed by atoms with Crippen LogP contribution in [0.4, 0.5) is 0 Å². The Hall–Kier alpha value is -1.16. The van der Waals surface area contributed by atoms with E-state index in [2.05, 4.69) is 0 Å². The van der Waals surface area contributed by atoms with Crippen LogP contribution < -0.4 is 0 Å². The highest BCUT2D eigenvalue weighted by molar-refractivity contribution is 6.12. The van der Waals surface area contributed by atoms with E-state index in [4.69, 9.17) is 4.74 Å². The molecule has 4 nitrogen and oxygen atoms in total. The molecule has 0 aromatic rings. The molecule has 2 rings (SSSR count). The quantitative estimate of drug-likeness (QED) is 0.656. The maximum absolute atomic E-state index is 11.2. The van der Waals surface area contributed by atoms with E-state index < -0.39 is 0 Å². The van der Waals surface area contributed by atoms with Crippen molar-refractivity contribution in [3.63, 3.8) is 0 Å². The van der Waals surface area contributed by atoms with Crippen molar-refractivity contribution in [1.82, 2.24) is 4.90 Å². The first-order valence-electron chi connectivity index (χ1n) is 5.42. The van der Waals surface area contributed by atoms with Gasteiger partial charge in [0, 0.05) is 12.2 Å². The van der Waals surface area contributed by atoms with Crippen molar-refractivity contribution in [2.45, 2.75) is 38.2 Å². The zero-order valence-corrected chi connectivity index (χ0v) is 8.65. The van der Waals surface area contributed by atoms with Crippen LogP contribution in [0.2, 0.25) is 0 Å². The first-order valence-corrected chi connectivity index (χ1v) is 5.42. The van der Waals surface area contributed by atoms with E-state index in [9.17, 15) is 9.59 Å². The van der Waals surface area contributed by atoms with Crippen LogP contribution in [-0.2, 0) is 14.3 Å². The van der Waals surface area contributed by atoms with Gasteiger partial charge in [-0.1, -0.05) is 19.3 Å². The van der Waals surface area contributed by atoms with Crippen molar-refractivity contribution in [3.05, 3.63) is 12.2 Å². The number of amides is 2. The summed E-state index contributed by atoms with van der Waals surface area (Å²) in [6.07, 6.45) is 8.52. The fourth-order valence-electron chi connectivity index (χ4n) is 1.97. The second-order valence-electron chi connectivity index (χ2n) is 3.99. The lowest BCUT2D eigenvalue weighted by Gasteiger charge is -2.24. The van der Waals surface area contributed by atoms with Crippen molar-refractivity contribution in [3.8, 4) is 0 Å². The number of imide groups is 1. The normalized spacial score (nSPS) is 22.8. The molecule has 1 aliphatic heterocycles. The number of hydrogen-bond acceptors (Lipinski definition) is 3. The zero-order valence-electron chi connectivity index (χ0n) is 8.65. The topological polar surface area (TPSA) is 46.6 Å². The molecule has 1 fully saturated rings. The van der Waals surface area contributed by atoms with Crippen LogP contribution in [0.25, 0.3) is 0 Å². The molecule has 0 bridgehead atoms. The Morgan fingerprint density at radius 3 is 2.33 bits per heavy atom. The first-order chi connectivity index (χ1) is 7.27. The van der Waals surface area contributed by atoms with E-state index in [1.807, 2.05) is 0 Å². The summed E-state index contributed by atoms with van der Waals surface area (Å²) in [5.74, 6) is -0.536. The minimum atomic E-state index is -0.268. The summed E-state index contributed by atoms with van der Waals surface area (Å²) in [7, 11) is 0. The maximum Gasteiger partial charge on any atom is 0.255 e. The molecule has 0 spiro atoms. The standard InChI is InChI=1S/C11H15NO3/c13-10-6-7-11(14)12(10)8-15-9-4-2-1-3-5-9/h6-7,9H,1-5,8H2. The molecule has 4 heteroatoms. The number of carbonyl (C=O) groups excluding carboxylic acids is 2. The smallest absolute Gasteiger partial charge is 0.255 e. The van der Waals surface area contributed by atoms with Crippen molar-refractivity contribution in [2.24, 2.45) is 0 Å². The van der Waals surface area contributed by atoms with Gasteiger partial charge in [0.1, 0.15) is 6.73 Å². The number of ether oxygens (including phenoxy) is 1. The lowest BCUT2D eigenvalue weighted by Crippen LogP contribution is -2.34. The summed E-state index contributed by atoms with van der Waals surface area (Å²) in [4.78, 5) is 23.5. The highest BCUT2D eigenvalue weighted by atomic mass is 16.5. The average Bonchev–Trinajstić information content (AvgIpc) is 2.58. The molecule has 0 atom stereocenters. The highest BCUT2D eigenvalue weighted by Crippen LogP contribution is 2.20. The van der Waals surface area contributed by atoms with Gasteiger partial charge in [-0.05, 0) is 12.8 Å². The molecule has 0 aromatic carbocycles. The van der Waals surface area contributed by atoms with Crippen molar-refractivity contribution >= 4 is 11.8 Å². The van der Waals surface area contributed by atoms with E-state index in [-0.39, 0.29) is 24.6 Å². The Bertz CT molecular complexity index is 274. The maximum atomic E-state index is 11.2. The van der Waals surface area contributed by atoms with Crippen molar-refractivity contribution in [1.29, 1.82) is 0 Å². The second-order valence-corrected chi connectivity index (χ2v) is 3.99.